The van der Waals surface area contributed by atoms with Crippen LogP contribution in [0.5, 0.6) is 0 Å². The summed E-state index contributed by atoms with van der Waals surface area (Å²) < 4.78 is -0.0943. The molecule has 8 rings (SSSR count). The maximum atomic E-state index is 3.70. The molecule has 318 valence electrons. The van der Waals surface area contributed by atoms with Gasteiger partial charge in [-0.25, -0.2) is 20.1 Å². The highest BCUT2D eigenvalue weighted by Crippen LogP contribution is 2.81. The van der Waals surface area contributed by atoms with Gasteiger partial charge in [0.25, 0.3) is 0 Å². The van der Waals surface area contributed by atoms with Crippen LogP contribution in [-0.2, 0) is 4.08 Å². The highest BCUT2D eigenvalue weighted by Gasteiger charge is 2.56. The summed E-state index contributed by atoms with van der Waals surface area (Å²) in [6.45, 7) is 14.1. The fraction of sp³-hybridized carbons (Fsp3) is 0.263. The Morgan fingerprint density at radius 2 is 1.31 bits per heavy atom. The number of benzene rings is 6. The maximum absolute atomic E-state index is 3.70. The van der Waals surface area contributed by atoms with Gasteiger partial charge in [-0.1, -0.05) is 132 Å². The average molecular weight is 845 g/mol. The van der Waals surface area contributed by atoms with Crippen molar-refractivity contribution in [1.29, 1.82) is 0 Å². The Hall–Kier alpha value is -5.16. The molecule has 2 aliphatic rings. The van der Waals surface area contributed by atoms with Crippen molar-refractivity contribution < 1.29 is 0 Å². The number of nitrogens with one attached hydrogen (secondary N) is 1. The fourth-order valence-electron chi connectivity index (χ4n) is 9.23. The molecule has 0 aliphatic heterocycles. The van der Waals surface area contributed by atoms with Gasteiger partial charge in [-0.05, 0) is 177 Å². The smallest absolute Gasteiger partial charge is 0.0818 e. The lowest BCUT2D eigenvalue weighted by Gasteiger charge is -2.59. The summed E-state index contributed by atoms with van der Waals surface area (Å²) >= 11 is 0. The molecule has 0 spiro atoms. The molecule has 1 N–H and O–H groups in total. The molecule has 0 fully saturated rings. The van der Waals surface area contributed by atoms with Gasteiger partial charge in [0.05, 0.1) is 4.08 Å². The summed E-state index contributed by atoms with van der Waals surface area (Å²) in [6.07, 6.45) is 32.1. The first-order chi connectivity index (χ1) is 29.0. The lowest BCUT2D eigenvalue weighted by Crippen LogP contribution is -2.36. The van der Waals surface area contributed by atoms with Crippen molar-refractivity contribution in [1.82, 2.24) is 0 Å². The van der Waals surface area contributed by atoms with Crippen LogP contribution in [0.4, 0.5) is 22.7 Å². The van der Waals surface area contributed by atoms with E-state index in [2.05, 4.69) is 210 Å². The van der Waals surface area contributed by atoms with E-state index in [1.807, 2.05) is 32.1 Å². The van der Waals surface area contributed by atoms with Gasteiger partial charge in [0.1, 0.15) is 0 Å². The second-order valence-electron chi connectivity index (χ2n) is 18.1. The zero-order chi connectivity index (χ0) is 44.1. The van der Waals surface area contributed by atoms with Crippen molar-refractivity contribution in [3.63, 3.8) is 0 Å². The molecule has 61 heavy (non-hydrogen) atoms. The van der Waals surface area contributed by atoms with Crippen molar-refractivity contribution in [2.24, 2.45) is 0 Å². The zero-order valence-corrected chi connectivity index (χ0v) is 40.5. The molecule has 0 atom stereocenters. The van der Waals surface area contributed by atoms with E-state index in [1.165, 1.54) is 84.7 Å². The van der Waals surface area contributed by atoms with Crippen molar-refractivity contribution in [2.75, 3.05) is 54.8 Å². The minimum atomic E-state index is -1.18. The van der Waals surface area contributed by atoms with Gasteiger partial charge in [-0.2, -0.15) is 0 Å². The molecule has 6 aromatic carbocycles. The lowest BCUT2D eigenvalue weighted by molar-refractivity contribution is 0.962. The Kier molecular flexibility index (Phi) is 14.0. The fourth-order valence-corrected chi connectivity index (χ4v) is 18.5. The standard InChI is InChI=1S/C42H46N2S2.C8H12.C7H10/c1-28-14-18-30(19-15-28)43-31-20-24-36-38(26-31)34-12-10-11-13-35(34)40-37-25-23-33(44(3)32-21-16-29(2)17-22-32)27-39(37)42(41(36)40,45(4,5)6)46(7,8)9;1-4-6-8(3)7-5-2;1-7-5-3-2-4-6-7/h10-27,43H,1-9H3;4-7H,1H2,2-3H3;2-3,5H,4,6H2,1H3/b;7-5-,8-6-;. The van der Waals surface area contributed by atoms with Crippen LogP contribution < -0.4 is 10.2 Å². The Morgan fingerprint density at radius 3 is 1.87 bits per heavy atom. The van der Waals surface area contributed by atoms with Gasteiger partial charge in [-0.3, -0.25) is 0 Å². The van der Waals surface area contributed by atoms with Crippen molar-refractivity contribution in [2.45, 2.75) is 51.5 Å². The van der Waals surface area contributed by atoms with Crippen LogP contribution in [0.15, 0.2) is 169 Å². The Bertz CT molecular complexity index is 2630. The molecular formula is C57H68N2S2. The minimum Gasteiger partial charge on any atom is -0.356 e. The number of hydrogen-bond acceptors (Lipinski definition) is 2. The Labute approximate surface area is 371 Å². The molecule has 0 saturated heterocycles. The van der Waals surface area contributed by atoms with Crippen LogP contribution in [0, 0.1) is 13.8 Å². The van der Waals surface area contributed by atoms with Crippen LogP contribution in [0.1, 0.15) is 55.9 Å². The molecular weight excluding hydrogens is 777 g/mol. The number of fused-ring (bicyclic) bond motifs is 8. The summed E-state index contributed by atoms with van der Waals surface area (Å²) in [4.78, 5) is 2.35. The number of rotatable bonds is 8. The number of allylic oxidation sites excluding steroid dienone is 9. The van der Waals surface area contributed by atoms with Crippen LogP contribution in [-0.4, -0.2) is 44.6 Å². The van der Waals surface area contributed by atoms with E-state index in [-0.39, 0.29) is 4.08 Å². The number of aryl methyl sites for hydroxylation is 2. The van der Waals surface area contributed by atoms with Gasteiger partial charge in [0.15, 0.2) is 0 Å². The van der Waals surface area contributed by atoms with Gasteiger partial charge < -0.3 is 10.2 Å². The molecule has 0 heterocycles. The zero-order valence-electron chi connectivity index (χ0n) is 38.8. The van der Waals surface area contributed by atoms with Crippen molar-refractivity contribution in [3.05, 3.63) is 192 Å². The van der Waals surface area contributed by atoms with Crippen LogP contribution in [0.25, 0.3) is 32.7 Å². The molecule has 6 aromatic rings. The van der Waals surface area contributed by atoms with E-state index in [0.29, 0.717) is 0 Å². The van der Waals surface area contributed by atoms with E-state index in [1.54, 1.807) is 11.6 Å². The van der Waals surface area contributed by atoms with Gasteiger partial charge in [-0.15, -0.1) is 0 Å². The first-order valence-corrected chi connectivity index (χ1v) is 27.1. The third-order valence-corrected chi connectivity index (χ3v) is 19.2. The molecule has 0 saturated carbocycles. The van der Waals surface area contributed by atoms with Gasteiger partial charge in [0.2, 0.25) is 0 Å². The molecule has 2 aliphatic carbocycles. The summed E-state index contributed by atoms with van der Waals surface area (Å²) in [7, 11) is -0.157. The predicted octanol–water partition coefficient (Wildman–Crippen LogP) is 16.7. The summed E-state index contributed by atoms with van der Waals surface area (Å²) in [6, 6.07) is 41.0. The van der Waals surface area contributed by atoms with E-state index in [0.717, 1.165) is 11.4 Å². The first kappa shape index (κ1) is 45.4. The third-order valence-electron chi connectivity index (χ3n) is 11.9. The van der Waals surface area contributed by atoms with Crippen LogP contribution in [0.3, 0.4) is 0 Å². The number of anilines is 4. The quantitative estimate of drug-likeness (QED) is 0.121. The van der Waals surface area contributed by atoms with E-state index in [9.17, 15) is 0 Å². The topological polar surface area (TPSA) is 15.3 Å². The molecule has 0 unspecified atom stereocenters. The summed E-state index contributed by atoms with van der Waals surface area (Å²) in [5.41, 5.74) is 15.9. The summed E-state index contributed by atoms with van der Waals surface area (Å²) in [5.74, 6) is 0. The second kappa shape index (κ2) is 18.8. The highest BCUT2D eigenvalue weighted by atomic mass is 32.3. The SMILES string of the molecule is C=C/C=C(C)\C=C/C.CC1=CC=CCC1.Cc1ccc(Nc2ccc3c4c(c5ccccc5c3c2)-c2ccc(N(C)c3ccc(C)cc3)cc2C4(S(C)(C)C)S(C)(C)C)cc1. The van der Waals surface area contributed by atoms with Gasteiger partial charge >= 0.3 is 0 Å². The predicted molar refractivity (Wildman–Crippen MR) is 283 cm³/mol. The van der Waals surface area contributed by atoms with Crippen LogP contribution >= 0.6 is 20.1 Å². The van der Waals surface area contributed by atoms with Crippen LogP contribution in [0.2, 0.25) is 0 Å². The van der Waals surface area contributed by atoms with E-state index < -0.39 is 20.1 Å². The third kappa shape index (κ3) is 9.37. The average Bonchev–Trinajstić information content (AvgIpc) is 3.56. The van der Waals surface area contributed by atoms with Crippen molar-refractivity contribution in [3.8, 4) is 11.1 Å². The number of nitrogens with zero attached hydrogens (tertiary/aromatic N) is 1. The Morgan fingerprint density at radius 1 is 0.705 bits per heavy atom. The number of hydrogen-bond donors (Lipinski definition) is 1. The molecule has 0 radical (unpaired) electrons. The second-order valence-corrected chi connectivity index (χ2v) is 26.9. The highest BCUT2D eigenvalue weighted by molar-refractivity contribution is 8.48. The molecule has 2 nitrogen and oxygen atoms in total. The first-order valence-electron chi connectivity index (χ1n) is 21.4. The Balaban J connectivity index is 0.000000352. The lowest BCUT2D eigenvalue weighted by atomic mass is 9.91. The molecule has 0 bridgehead atoms. The van der Waals surface area contributed by atoms with Gasteiger partial charge in [0, 0.05) is 29.8 Å². The van der Waals surface area contributed by atoms with Crippen molar-refractivity contribution >= 4 is 64.4 Å². The summed E-state index contributed by atoms with van der Waals surface area (Å²) in [5, 5.41) is 9.08. The van der Waals surface area contributed by atoms with E-state index in [4.69, 9.17) is 0 Å². The molecule has 4 heteroatoms. The monoisotopic (exact) mass is 844 g/mol. The molecule has 0 amide bonds. The molecule has 0 aromatic heterocycles. The minimum absolute atomic E-state index is 0.0943. The maximum Gasteiger partial charge on any atom is 0.0818 e. The normalized spacial score (nSPS) is 14.9. The van der Waals surface area contributed by atoms with E-state index >= 15 is 0 Å². The largest absolute Gasteiger partial charge is 0.356 e.